The third kappa shape index (κ3) is 1.95. The molecule has 0 aromatic carbocycles. The zero-order valence-electron chi connectivity index (χ0n) is 13.5. The number of ether oxygens (including phenoxy) is 1. The number of allylic oxidation sites excluding steroid dienone is 1. The number of Topliss-reactive ketones (excluding diaryl/α,β-unsaturated/α-hetero) is 1. The van der Waals surface area contributed by atoms with E-state index in [1.165, 1.54) is 0 Å². The lowest BCUT2D eigenvalue weighted by Gasteiger charge is -2.48. The Hall–Kier alpha value is -1.91. The lowest BCUT2D eigenvalue weighted by atomic mass is 9.55. The van der Waals surface area contributed by atoms with Crippen LogP contribution >= 0.6 is 0 Å². The van der Waals surface area contributed by atoms with Crippen LogP contribution in [0.25, 0.3) is 0 Å². The molecule has 5 nitrogen and oxygen atoms in total. The molecule has 0 unspecified atom stereocenters. The Kier molecular flexibility index (Phi) is 3.46. The minimum atomic E-state index is -0.267. The molecular formula is C17H22N2O3. The van der Waals surface area contributed by atoms with E-state index in [4.69, 9.17) is 9.72 Å². The highest BCUT2D eigenvalue weighted by Gasteiger charge is 2.51. The van der Waals surface area contributed by atoms with Crippen molar-refractivity contribution in [2.24, 2.45) is 11.8 Å². The number of carbonyl (C=O) groups is 1. The molecule has 0 aliphatic heterocycles. The first-order chi connectivity index (χ1) is 10.4. The Balaban J connectivity index is 2.19. The normalized spacial score (nSPS) is 32.5. The van der Waals surface area contributed by atoms with Crippen molar-refractivity contribution in [3.8, 4) is 5.88 Å². The topological polar surface area (TPSA) is 72.3 Å². The molecule has 5 heteroatoms. The second-order valence-corrected chi connectivity index (χ2v) is 6.65. The van der Waals surface area contributed by atoms with E-state index in [9.17, 15) is 9.90 Å². The molecule has 0 saturated heterocycles. The standard InChI is InChI=1S/C17H22N2O3/c1-9-13-6-5-12-15(18-10(2)19-16(12)22-4)17(13,3)7-11(8-20)14(9)21/h8-9,13,20H,5-7H2,1-4H3/b11-8-/t9-,13-,17-/m0/s1. The van der Waals surface area contributed by atoms with E-state index in [0.29, 0.717) is 23.7 Å². The van der Waals surface area contributed by atoms with Gasteiger partial charge in [-0.05, 0) is 32.1 Å². The number of hydrogen-bond donors (Lipinski definition) is 1. The molecule has 0 amide bonds. The van der Waals surface area contributed by atoms with Crippen molar-refractivity contribution in [1.29, 1.82) is 0 Å². The van der Waals surface area contributed by atoms with Crippen LogP contribution in [0.15, 0.2) is 11.8 Å². The summed E-state index contributed by atoms with van der Waals surface area (Å²) in [7, 11) is 1.63. The van der Waals surface area contributed by atoms with Gasteiger partial charge in [-0.25, -0.2) is 4.98 Å². The number of aliphatic hydroxyl groups is 1. The van der Waals surface area contributed by atoms with E-state index in [1.54, 1.807) is 7.11 Å². The van der Waals surface area contributed by atoms with E-state index >= 15 is 0 Å². The van der Waals surface area contributed by atoms with Gasteiger partial charge in [0.1, 0.15) is 5.82 Å². The first-order valence-electron chi connectivity index (χ1n) is 7.71. The number of aliphatic hydroxyl groups excluding tert-OH is 1. The van der Waals surface area contributed by atoms with Crippen LogP contribution in [-0.4, -0.2) is 28.0 Å². The fourth-order valence-corrected chi connectivity index (χ4v) is 4.31. The van der Waals surface area contributed by atoms with Crippen LogP contribution in [0.2, 0.25) is 0 Å². The number of methoxy groups -OCH3 is 1. The molecule has 1 aromatic heterocycles. The first-order valence-corrected chi connectivity index (χ1v) is 7.71. The Morgan fingerprint density at radius 3 is 2.77 bits per heavy atom. The fraction of sp³-hybridized carbons (Fsp3) is 0.588. The maximum atomic E-state index is 12.4. The average molecular weight is 302 g/mol. The van der Waals surface area contributed by atoms with Crippen molar-refractivity contribution in [2.45, 2.75) is 45.4 Å². The second-order valence-electron chi connectivity index (χ2n) is 6.65. The van der Waals surface area contributed by atoms with Crippen molar-refractivity contribution in [3.63, 3.8) is 0 Å². The molecule has 2 aliphatic rings. The monoisotopic (exact) mass is 302 g/mol. The smallest absolute Gasteiger partial charge is 0.219 e. The Labute approximate surface area is 130 Å². The Morgan fingerprint density at radius 2 is 2.14 bits per heavy atom. The number of carbonyl (C=O) groups excluding carboxylic acids is 1. The van der Waals surface area contributed by atoms with E-state index in [1.807, 2.05) is 13.8 Å². The van der Waals surface area contributed by atoms with Crippen molar-refractivity contribution in [2.75, 3.05) is 7.11 Å². The molecule has 0 bridgehead atoms. The van der Waals surface area contributed by atoms with Gasteiger partial charge in [-0.1, -0.05) is 13.8 Å². The van der Waals surface area contributed by atoms with Gasteiger partial charge in [0.15, 0.2) is 5.78 Å². The highest BCUT2D eigenvalue weighted by Crippen LogP contribution is 2.52. The maximum Gasteiger partial charge on any atom is 0.219 e. The number of aryl methyl sites for hydroxylation is 1. The number of aromatic nitrogens is 2. The third-order valence-corrected chi connectivity index (χ3v) is 5.39. The second kappa shape index (κ2) is 5.07. The highest BCUT2D eigenvalue weighted by atomic mass is 16.5. The zero-order chi connectivity index (χ0) is 16.1. The Bertz CT molecular complexity index is 668. The number of nitrogens with zero attached hydrogens (tertiary/aromatic N) is 2. The molecule has 3 rings (SSSR count). The predicted octanol–water partition coefficient (Wildman–Crippen LogP) is 2.66. The predicted molar refractivity (Wildman–Crippen MR) is 82.0 cm³/mol. The summed E-state index contributed by atoms with van der Waals surface area (Å²) in [6.45, 7) is 5.97. The molecule has 1 saturated carbocycles. The summed E-state index contributed by atoms with van der Waals surface area (Å²) in [6, 6.07) is 0. The summed E-state index contributed by atoms with van der Waals surface area (Å²) in [5, 5.41) is 9.45. The van der Waals surface area contributed by atoms with Crippen LogP contribution in [0.1, 0.15) is 43.8 Å². The lowest BCUT2D eigenvalue weighted by Crippen LogP contribution is -2.48. The molecule has 22 heavy (non-hydrogen) atoms. The van der Waals surface area contributed by atoms with Gasteiger partial charge in [0.25, 0.3) is 0 Å². The first kappa shape index (κ1) is 15.0. The number of hydrogen-bond acceptors (Lipinski definition) is 5. The SMILES string of the molecule is COc1nc(C)nc2c1CC[C@H]1[C@H](C)C(=O)/C(=C\O)C[C@]21C. The summed E-state index contributed by atoms with van der Waals surface area (Å²) < 4.78 is 5.44. The fourth-order valence-electron chi connectivity index (χ4n) is 4.31. The van der Waals surface area contributed by atoms with E-state index in [0.717, 1.165) is 30.4 Å². The van der Waals surface area contributed by atoms with Crippen LogP contribution in [0.4, 0.5) is 0 Å². The summed E-state index contributed by atoms with van der Waals surface area (Å²) in [6.07, 6.45) is 3.23. The van der Waals surface area contributed by atoms with Crippen LogP contribution in [0.3, 0.4) is 0 Å². The maximum absolute atomic E-state index is 12.4. The van der Waals surface area contributed by atoms with Gasteiger partial charge in [0.2, 0.25) is 5.88 Å². The van der Waals surface area contributed by atoms with E-state index < -0.39 is 0 Å². The number of rotatable bonds is 1. The highest BCUT2D eigenvalue weighted by molar-refractivity contribution is 5.98. The molecule has 1 N–H and O–H groups in total. The van der Waals surface area contributed by atoms with Gasteiger partial charge < -0.3 is 9.84 Å². The van der Waals surface area contributed by atoms with Gasteiger partial charge in [-0.3, -0.25) is 4.79 Å². The molecule has 0 spiro atoms. The zero-order valence-corrected chi connectivity index (χ0v) is 13.5. The van der Waals surface area contributed by atoms with Crippen molar-refractivity contribution < 1.29 is 14.6 Å². The molecule has 0 radical (unpaired) electrons. The number of fused-ring (bicyclic) bond motifs is 3. The summed E-state index contributed by atoms with van der Waals surface area (Å²) in [5.41, 5.74) is 2.25. The minimum absolute atomic E-state index is 0.0613. The summed E-state index contributed by atoms with van der Waals surface area (Å²) >= 11 is 0. The van der Waals surface area contributed by atoms with Crippen LogP contribution in [0, 0.1) is 18.8 Å². The van der Waals surface area contributed by atoms with Gasteiger partial charge in [-0.15, -0.1) is 0 Å². The van der Waals surface area contributed by atoms with Gasteiger partial charge >= 0.3 is 0 Å². The molecular weight excluding hydrogens is 280 g/mol. The van der Waals surface area contributed by atoms with Crippen LogP contribution in [0.5, 0.6) is 5.88 Å². The van der Waals surface area contributed by atoms with Gasteiger partial charge in [-0.2, -0.15) is 4.98 Å². The molecule has 118 valence electrons. The van der Waals surface area contributed by atoms with E-state index in [2.05, 4.69) is 11.9 Å². The van der Waals surface area contributed by atoms with Gasteiger partial charge in [0, 0.05) is 22.5 Å². The molecule has 1 aromatic rings. The van der Waals surface area contributed by atoms with Crippen molar-refractivity contribution >= 4 is 5.78 Å². The summed E-state index contributed by atoms with van der Waals surface area (Å²) in [4.78, 5) is 21.4. The summed E-state index contributed by atoms with van der Waals surface area (Å²) in [5.74, 6) is 1.51. The van der Waals surface area contributed by atoms with E-state index in [-0.39, 0.29) is 23.0 Å². The molecule has 2 aliphatic carbocycles. The third-order valence-electron chi connectivity index (χ3n) is 5.39. The minimum Gasteiger partial charge on any atom is -0.515 e. The lowest BCUT2D eigenvalue weighted by molar-refractivity contribution is -0.124. The average Bonchev–Trinajstić information content (AvgIpc) is 2.50. The van der Waals surface area contributed by atoms with Crippen molar-refractivity contribution in [3.05, 3.63) is 28.9 Å². The molecule has 1 fully saturated rings. The largest absolute Gasteiger partial charge is 0.515 e. The molecule has 3 atom stereocenters. The van der Waals surface area contributed by atoms with Crippen molar-refractivity contribution in [1.82, 2.24) is 9.97 Å². The van der Waals surface area contributed by atoms with Crippen LogP contribution in [-0.2, 0) is 16.6 Å². The number of ketones is 1. The molecule has 1 heterocycles. The van der Waals surface area contributed by atoms with Crippen LogP contribution < -0.4 is 4.74 Å². The Morgan fingerprint density at radius 1 is 1.41 bits per heavy atom. The quantitative estimate of drug-likeness (QED) is 0.638. The van der Waals surface area contributed by atoms with Gasteiger partial charge in [0.05, 0.1) is 19.1 Å².